The third kappa shape index (κ3) is 4.02. The van der Waals surface area contributed by atoms with Gasteiger partial charge in [0.05, 0.1) is 0 Å². The lowest BCUT2D eigenvalue weighted by molar-refractivity contribution is -0.131. The van der Waals surface area contributed by atoms with Crippen LogP contribution in [-0.2, 0) is 4.79 Å². The highest BCUT2D eigenvalue weighted by Crippen LogP contribution is 2.21. The molecule has 2 nitrogen and oxygen atoms in total. The maximum Gasteiger partial charge on any atom is 0.222 e. The molecule has 1 fully saturated rings. The number of halogens is 1. The van der Waals surface area contributed by atoms with Crippen LogP contribution in [0.1, 0.15) is 39.5 Å². The zero-order chi connectivity index (χ0) is 11.3. The zero-order valence-corrected chi connectivity index (χ0v) is 10.6. The Kier molecular flexibility index (Phi) is 5.44. The van der Waals surface area contributed by atoms with Crippen LogP contribution in [0.4, 0.5) is 0 Å². The van der Waals surface area contributed by atoms with E-state index in [2.05, 4.69) is 13.8 Å². The predicted molar refractivity (Wildman–Crippen MR) is 64.1 cm³/mol. The Morgan fingerprint density at radius 2 is 2.33 bits per heavy atom. The normalized spacial score (nSPS) is 23.1. The zero-order valence-electron chi connectivity index (χ0n) is 9.84. The summed E-state index contributed by atoms with van der Waals surface area (Å²) in [5, 5.41) is 0. The van der Waals surface area contributed by atoms with Crippen LogP contribution in [0.3, 0.4) is 0 Å². The molecule has 15 heavy (non-hydrogen) atoms. The summed E-state index contributed by atoms with van der Waals surface area (Å²) in [6.07, 6.45) is 3.99. The van der Waals surface area contributed by atoms with E-state index < -0.39 is 0 Å². The second kappa shape index (κ2) is 6.37. The molecule has 3 heteroatoms. The van der Waals surface area contributed by atoms with E-state index in [0.29, 0.717) is 24.2 Å². The van der Waals surface area contributed by atoms with Crippen molar-refractivity contribution in [3.8, 4) is 0 Å². The monoisotopic (exact) mass is 231 g/mol. The van der Waals surface area contributed by atoms with Crippen LogP contribution >= 0.6 is 11.6 Å². The number of nitrogens with zero attached hydrogens (tertiary/aromatic N) is 1. The fourth-order valence-electron chi connectivity index (χ4n) is 2.02. The topological polar surface area (TPSA) is 20.3 Å². The van der Waals surface area contributed by atoms with Crippen LogP contribution in [0.2, 0.25) is 0 Å². The molecule has 0 saturated carbocycles. The summed E-state index contributed by atoms with van der Waals surface area (Å²) >= 11 is 5.71. The van der Waals surface area contributed by atoms with Gasteiger partial charge in [0.2, 0.25) is 5.91 Å². The lowest BCUT2D eigenvalue weighted by Gasteiger charge is -2.18. The fourth-order valence-corrected chi connectivity index (χ4v) is 2.33. The van der Waals surface area contributed by atoms with E-state index in [9.17, 15) is 4.79 Å². The van der Waals surface area contributed by atoms with Crippen LogP contribution < -0.4 is 0 Å². The summed E-state index contributed by atoms with van der Waals surface area (Å²) in [6, 6.07) is 0. The van der Waals surface area contributed by atoms with Gasteiger partial charge in [-0.05, 0) is 24.7 Å². The second-order valence-corrected chi connectivity index (χ2v) is 5.07. The molecule has 88 valence electrons. The molecule has 0 spiro atoms. The summed E-state index contributed by atoms with van der Waals surface area (Å²) in [5.74, 6) is 2.22. The number of hydrogen-bond acceptors (Lipinski definition) is 1. The number of likely N-dealkylation sites (tertiary alicyclic amines) is 1. The number of hydrogen-bond donors (Lipinski definition) is 0. The van der Waals surface area contributed by atoms with E-state index in [4.69, 9.17) is 11.6 Å². The molecular formula is C12H22ClNO. The van der Waals surface area contributed by atoms with Crippen LogP contribution in [0.25, 0.3) is 0 Å². The fraction of sp³-hybridized carbons (Fsp3) is 0.917. The smallest absolute Gasteiger partial charge is 0.222 e. The molecule has 1 saturated heterocycles. The van der Waals surface area contributed by atoms with Crippen LogP contribution in [0.15, 0.2) is 0 Å². The van der Waals surface area contributed by atoms with Crippen LogP contribution in [0.5, 0.6) is 0 Å². The van der Waals surface area contributed by atoms with E-state index in [1.165, 1.54) is 0 Å². The molecule has 2 atom stereocenters. The summed E-state index contributed by atoms with van der Waals surface area (Å²) in [5.41, 5.74) is 0. The minimum absolute atomic E-state index is 0.335. The maximum atomic E-state index is 11.9. The van der Waals surface area contributed by atoms with Gasteiger partial charge < -0.3 is 4.90 Å². The molecule has 1 heterocycles. The van der Waals surface area contributed by atoms with Crippen molar-refractivity contribution in [2.45, 2.75) is 39.5 Å². The highest BCUT2D eigenvalue weighted by Gasteiger charge is 2.25. The molecule has 0 aromatic carbocycles. The van der Waals surface area contributed by atoms with Crippen molar-refractivity contribution < 1.29 is 4.79 Å². The van der Waals surface area contributed by atoms with Crippen LogP contribution in [-0.4, -0.2) is 29.8 Å². The number of amides is 1. The minimum atomic E-state index is 0.335. The van der Waals surface area contributed by atoms with Gasteiger partial charge in [0.1, 0.15) is 0 Å². The number of alkyl halides is 1. The van der Waals surface area contributed by atoms with Crippen molar-refractivity contribution in [2.75, 3.05) is 19.0 Å². The Labute approximate surface area is 98.0 Å². The van der Waals surface area contributed by atoms with Crippen molar-refractivity contribution in [2.24, 2.45) is 11.8 Å². The first-order valence-electron chi connectivity index (χ1n) is 6.01. The average molecular weight is 232 g/mol. The van der Waals surface area contributed by atoms with E-state index in [0.717, 1.165) is 38.2 Å². The van der Waals surface area contributed by atoms with Gasteiger partial charge in [-0.15, -0.1) is 11.6 Å². The Bertz CT molecular complexity index is 208. The van der Waals surface area contributed by atoms with Gasteiger partial charge in [-0.25, -0.2) is 0 Å². The molecule has 1 aliphatic rings. The maximum absolute atomic E-state index is 11.9. The number of carbonyl (C=O) groups excluding carboxylic acids is 1. The highest BCUT2D eigenvalue weighted by molar-refractivity contribution is 6.17. The van der Waals surface area contributed by atoms with E-state index in [1.807, 2.05) is 4.90 Å². The molecule has 0 N–H and O–H groups in total. The first kappa shape index (κ1) is 12.8. The van der Waals surface area contributed by atoms with Crippen molar-refractivity contribution >= 4 is 17.5 Å². The lowest BCUT2D eigenvalue weighted by Crippen LogP contribution is -2.29. The molecule has 0 aliphatic carbocycles. The summed E-state index contributed by atoms with van der Waals surface area (Å²) in [6.45, 7) is 6.15. The number of carbonyl (C=O) groups is 1. The summed E-state index contributed by atoms with van der Waals surface area (Å²) < 4.78 is 0. The van der Waals surface area contributed by atoms with E-state index in [1.54, 1.807) is 0 Å². The van der Waals surface area contributed by atoms with Gasteiger partial charge >= 0.3 is 0 Å². The van der Waals surface area contributed by atoms with Crippen molar-refractivity contribution in [3.63, 3.8) is 0 Å². The van der Waals surface area contributed by atoms with Gasteiger partial charge in [-0.3, -0.25) is 4.79 Å². The molecular weight excluding hydrogens is 210 g/mol. The molecule has 0 aromatic rings. The Balaban J connectivity index is 2.30. The summed E-state index contributed by atoms with van der Waals surface area (Å²) in [7, 11) is 0. The third-order valence-corrected chi connectivity index (χ3v) is 3.59. The van der Waals surface area contributed by atoms with E-state index >= 15 is 0 Å². The van der Waals surface area contributed by atoms with Crippen molar-refractivity contribution in [1.29, 1.82) is 0 Å². The quantitative estimate of drug-likeness (QED) is 0.667. The molecule has 1 rings (SSSR count). The third-order valence-electron chi connectivity index (χ3n) is 3.38. The standard InChI is InChI=1S/C12H22ClNO/c1-3-10(2)8-12(15)14-7-5-11(9-14)4-6-13/h10-11H,3-9H2,1-2H3. The first-order valence-corrected chi connectivity index (χ1v) is 6.54. The SMILES string of the molecule is CCC(C)CC(=O)N1CCC(CCCl)C1. The van der Waals surface area contributed by atoms with Gasteiger partial charge in [0.15, 0.2) is 0 Å². The van der Waals surface area contributed by atoms with Crippen molar-refractivity contribution in [3.05, 3.63) is 0 Å². The second-order valence-electron chi connectivity index (χ2n) is 4.69. The first-order chi connectivity index (χ1) is 7.17. The highest BCUT2D eigenvalue weighted by atomic mass is 35.5. The largest absolute Gasteiger partial charge is 0.342 e. The van der Waals surface area contributed by atoms with Gasteiger partial charge in [-0.2, -0.15) is 0 Å². The van der Waals surface area contributed by atoms with Gasteiger partial charge in [0.25, 0.3) is 0 Å². The Morgan fingerprint density at radius 1 is 1.60 bits per heavy atom. The number of rotatable bonds is 5. The van der Waals surface area contributed by atoms with Gasteiger partial charge in [-0.1, -0.05) is 20.3 Å². The van der Waals surface area contributed by atoms with Gasteiger partial charge in [0, 0.05) is 25.4 Å². The lowest BCUT2D eigenvalue weighted by atomic mass is 10.0. The average Bonchev–Trinajstić information content (AvgIpc) is 2.67. The molecule has 0 bridgehead atoms. The molecule has 1 aliphatic heterocycles. The molecule has 0 aromatic heterocycles. The van der Waals surface area contributed by atoms with Crippen LogP contribution in [0, 0.1) is 11.8 Å². The molecule has 2 unspecified atom stereocenters. The molecule has 0 radical (unpaired) electrons. The predicted octanol–water partition coefficient (Wildman–Crippen LogP) is 2.90. The minimum Gasteiger partial charge on any atom is -0.342 e. The molecule has 1 amide bonds. The Morgan fingerprint density at radius 3 is 2.93 bits per heavy atom. The van der Waals surface area contributed by atoms with E-state index in [-0.39, 0.29) is 0 Å². The van der Waals surface area contributed by atoms with Crippen molar-refractivity contribution in [1.82, 2.24) is 4.90 Å². The summed E-state index contributed by atoms with van der Waals surface area (Å²) in [4.78, 5) is 13.9. The Hall–Kier alpha value is -0.240.